The third-order valence-electron chi connectivity index (χ3n) is 2.95. The van der Waals surface area contributed by atoms with E-state index in [0.29, 0.717) is 6.04 Å². The second-order valence-electron chi connectivity index (χ2n) is 4.33. The van der Waals surface area contributed by atoms with Crippen molar-refractivity contribution in [2.45, 2.75) is 47.1 Å². The van der Waals surface area contributed by atoms with Gasteiger partial charge in [0, 0.05) is 6.04 Å². The maximum absolute atomic E-state index is 3.55. The maximum Gasteiger partial charge on any atom is 0.0322 e. The minimum Gasteiger partial charge on any atom is -0.310 e. The molecule has 0 saturated carbocycles. The standard InChI is InChI=1S/C14H23N/c1-6-13(15-7-2)14-11(4)8-10(3)9-12(14)5/h8-9,13,15H,6-7H2,1-5H3. The Labute approximate surface area is 93.9 Å². The Morgan fingerprint density at radius 3 is 2.00 bits per heavy atom. The number of hydrogen-bond donors (Lipinski definition) is 1. The predicted octanol–water partition coefficient (Wildman–Crippen LogP) is 3.67. The molecule has 1 rings (SSSR count). The first-order chi connectivity index (χ1) is 7.10. The number of aryl methyl sites for hydroxylation is 3. The Bertz CT molecular complexity index is 305. The average Bonchev–Trinajstić information content (AvgIpc) is 2.14. The van der Waals surface area contributed by atoms with Crippen LogP contribution in [0, 0.1) is 20.8 Å². The smallest absolute Gasteiger partial charge is 0.0322 e. The van der Waals surface area contributed by atoms with Gasteiger partial charge in [-0.1, -0.05) is 31.5 Å². The SMILES string of the molecule is CCNC(CC)c1c(C)cc(C)cc1C. The van der Waals surface area contributed by atoms with Gasteiger partial charge in [0.1, 0.15) is 0 Å². The van der Waals surface area contributed by atoms with Crippen LogP contribution in [0.2, 0.25) is 0 Å². The molecule has 0 aliphatic carbocycles. The van der Waals surface area contributed by atoms with E-state index in [1.807, 2.05) is 0 Å². The lowest BCUT2D eigenvalue weighted by atomic mass is 9.93. The summed E-state index contributed by atoms with van der Waals surface area (Å²) in [6, 6.07) is 5.07. The lowest BCUT2D eigenvalue weighted by molar-refractivity contribution is 0.532. The first-order valence-corrected chi connectivity index (χ1v) is 5.91. The second kappa shape index (κ2) is 5.32. The Morgan fingerprint density at radius 2 is 1.60 bits per heavy atom. The van der Waals surface area contributed by atoms with Crippen LogP contribution < -0.4 is 5.32 Å². The fourth-order valence-electron chi connectivity index (χ4n) is 2.44. The molecule has 0 heterocycles. The van der Waals surface area contributed by atoms with E-state index >= 15 is 0 Å². The first kappa shape index (κ1) is 12.3. The molecule has 0 spiro atoms. The summed E-state index contributed by atoms with van der Waals surface area (Å²) in [5.74, 6) is 0. The minimum absolute atomic E-state index is 0.510. The molecule has 1 aromatic rings. The molecule has 84 valence electrons. The maximum atomic E-state index is 3.55. The Kier molecular flexibility index (Phi) is 4.34. The highest BCUT2D eigenvalue weighted by Gasteiger charge is 2.13. The van der Waals surface area contributed by atoms with Crippen molar-refractivity contribution in [3.63, 3.8) is 0 Å². The highest BCUT2D eigenvalue weighted by atomic mass is 14.9. The quantitative estimate of drug-likeness (QED) is 0.790. The van der Waals surface area contributed by atoms with Crippen molar-refractivity contribution < 1.29 is 0 Å². The van der Waals surface area contributed by atoms with Crippen LogP contribution in [-0.4, -0.2) is 6.54 Å². The van der Waals surface area contributed by atoms with Crippen LogP contribution in [0.4, 0.5) is 0 Å². The lowest BCUT2D eigenvalue weighted by Crippen LogP contribution is -2.21. The number of nitrogens with one attached hydrogen (secondary N) is 1. The fraction of sp³-hybridized carbons (Fsp3) is 0.571. The summed E-state index contributed by atoms with van der Waals surface area (Å²) in [6.45, 7) is 12.0. The molecule has 1 aromatic carbocycles. The zero-order chi connectivity index (χ0) is 11.4. The summed E-state index contributed by atoms with van der Waals surface area (Å²) in [4.78, 5) is 0. The van der Waals surface area contributed by atoms with E-state index in [9.17, 15) is 0 Å². The van der Waals surface area contributed by atoms with Crippen molar-refractivity contribution >= 4 is 0 Å². The molecule has 0 amide bonds. The largest absolute Gasteiger partial charge is 0.310 e. The van der Waals surface area contributed by atoms with Crippen LogP contribution in [0.3, 0.4) is 0 Å². The van der Waals surface area contributed by atoms with Crippen molar-refractivity contribution in [2.75, 3.05) is 6.54 Å². The molecule has 0 saturated heterocycles. The Balaban J connectivity index is 3.11. The Morgan fingerprint density at radius 1 is 1.07 bits per heavy atom. The van der Waals surface area contributed by atoms with Crippen molar-refractivity contribution in [2.24, 2.45) is 0 Å². The highest BCUT2D eigenvalue weighted by Crippen LogP contribution is 2.25. The molecule has 1 heteroatoms. The van der Waals surface area contributed by atoms with E-state index < -0.39 is 0 Å². The van der Waals surface area contributed by atoms with Gasteiger partial charge in [0.25, 0.3) is 0 Å². The van der Waals surface area contributed by atoms with Gasteiger partial charge >= 0.3 is 0 Å². The Hall–Kier alpha value is -0.820. The van der Waals surface area contributed by atoms with Gasteiger partial charge in [-0.2, -0.15) is 0 Å². The van der Waals surface area contributed by atoms with Gasteiger partial charge in [-0.05, 0) is 50.4 Å². The van der Waals surface area contributed by atoms with Crippen LogP contribution >= 0.6 is 0 Å². The molecule has 1 nitrogen and oxygen atoms in total. The average molecular weight is 205 g/mol. The predicted molar refractivity (Wildman–Crippen MR) is 67.4 cm³/mol. The zero-order valence-corrected chi connectivity index (χ0v) is 10.6. The molecule has 1 unspecified atom stereocenters. The van der Waals surface area contributed by atoms with E-state index in [0.717, 1.165) is 13.0 Å². The zero-order valence-electron chi connectivity index (χ0n) is 10.6. The molecular formula is C14H23N. The molecular weight excluding hydrogens is 182 g/mol. The molecule has 15 heavy (non-hydrogen) atoms. The summed E-state index contributed by atoms with van der Waals surface area (Å²) >= 11 is 0. The second-order valence-corrected chi connectivity index (χ2v) is 4.33. The summed E-state index contributed by atoms with van der Waals surface area (Å²) in [6.07, 6.45) is 1.15. The third kappa shape index (κ3) is 2.82. The third-order valence-corrected chi connectivity index (χ3v) is 2.95. The van der Waals surface area contributed by atoms with Gasteiger partial charge < -0.3 is 5.32 Å². The van der Waals surface area contributed by atoms with Crippen molar-refractivity contribution in [1.82, 2.24) is 5.32 Å². The monoisotopic (exact) mass is 205 g/mol. The number of rotatable bonds is 4. The van der Waals surface area contributed by atoms with Gasteiger partial charge in [0.15, 0.2) is 0 Å². The molecule has 0 aliphatic heterocycles. The molecule has 1 atom stereocenters. The van der Waals surface area contributed by atoms with Gasteiger partial charge in [-0.25, -0.2) is 0 Å². The van der Waals surface area contributed by atoms with Gasteiger partial charge in [-0.3, -0.25) is 0 Å². The summed E-state index contributed by atoms with van der Waals surface area (Å²) in [7, 11) is 0. The molecule has 1 N–H and O–H groups in total. The normalized spacial score (nSPS) is 12.9. The van der Waals surface area contributed by atoms with Gasteiger partial charge in [-0.15, -0.1) is 0 Å². The molecule has 0 bridgehead atoms. The van der Waals surface area contributed by atoms with Crippen molar-refractivity contribution in [3.8, 4) is 0 Å². The van der Waals surface area contributed by atoms with Crippen LogP contribution in [0.15, 0.2) is 12.1 Å². The van der Waals surface area contributed by atoms with Crippen LogP contribution in [0.1, 0.15) is 48.6 Å². The molecule has 0 radical (unpaired) electrons. The lowest BCUT2D eigenvalue weighted by Gasteiger charge is -2.21. The van der Waals surface area contributed by atoms with Gasteiger partial charge in [0.2, 0.25) is 0 Å². The highest BCUT2D eigenvalue weighted by molar-refractivity contribution is 5.39. The first-order valence-electron chi connectivity index (χ1n) is 5.91. The summed E-state index contributed by atoms with van der Waals surface area (Å²) in [5, 5.41) is 3.55. The molecule has 0 aliphatic rings. The summed E-state index contributed by atoms with van der Waals surface area (Å²) in [5.41, 5.74) is 5.69. The van der Waals surface area contributed by atoms with E-state index in [1.165, 1.54) is 22.3 Å². The van der Waals surface area contributed by atoms with E-state index in [1.54, 1.807) is 0 Å². The van der Waals surface area contributed by atoms with E-state index in [4.69, 9.17) is 0 Å². The van der Waals surface area contributed by atoms with E-state index in [2.05, 4.69) is 52.1 Å². The van der Waals surface area contributed by atoms with E-state index in [-0.39, 0.29) is 0 Å². The van der Waals surface area contributed by atoms with Gasteiger partial charge in [0.05, 0.1) is 0 Å². The fourth-order valence-corrected chi connectivity index (χ4v) is 2.44. The van der Waals surface area contributed by atoms with Crippen LogP contribution in [0.5, 0.6) is 0 Å². The van der Waals surface area contributed by atoms with Crippen LogP contribution in [0.25, 0.3) is 0 Å². The number of benzene rings is 1. The summed E-state index contributed by atoms with van der Waals surface area (Å²) < 4.78 is 0. The van der Waals surface area contributed by atoms with Crippen molar-refractivity contribution in [3.05, 3.63) is 34.4 Å². The van der Waals surface area contributed by atoms with Crippen molar-refractivity contribution in [1.29, 1.82) is 0 Å². The minimum atomic E-state index is 0.510. The van der Waals surface area contributed by atoms with Crippen LogP contribution in [-0.2, 0) is 0 Å². The topological polar surface area (TPSA) is 12.0 Å². The number of hydrogen-bond acceptors (Lipinski definition) is 1. The molecule has 0 fully saturated rings. The molecule has 0 aromatic heterocycles.